The van der Waals surface area contributed by atoms with Crippen molar-refractivity contribution in [2.45, 2.75) is 6.61 Å². The molecule has 0 radical (unpaired) electrons. The van der Waals surface area contributed by atoms with Crippen molar-refractivity contribution in [2.24, 2.45) is 0 Å². The van der Waals surface area contributed by atoms with Crippen molar-refractivity contribution in [2.75, 3.05) is 5.32 Å². The number of nitrogens with zero attached hydrogens (tertiary/aromatic N) is 3. The Hall–Kier alpha value is -2.48. The van der Waals surface area contributed by atoms with Crippen LogP contribution in [0, 0.1) is 0 Å². The zero-order valence-corrected chi connectivity index (χ0v) is 15.8. The number of halogens is 1. The minimum atomic E-state index is 0.487. The van der Waals surface area contributed by atoms with Crippen LogP contribution in [-0.2, 0) is 6.61 Å². The van der Waals surface area contributed by atoms with Crippen LogP contribution in [0.4, 0.5) is 10.8 Å². The molecule has 3 heterocycles. The quantitative estimate of drug-likeness (QED) is 0.454. The Morgan fingerprint density at radius 2 is 1.81 bits per heavy atom. The molecule has 8 heteroatoms. The van der Waals surface area contributed by atoms with Crippen molar-refractivity contribution in [3.8, 4) is 15.6 Å². The molecule has 0 aliphatic heterocycles. The Morgan fingerprint density at radius 1 is 1.00 bits per heavy atom. The van der Waals surface area contributed by atoms with Gasteiger partial charge in [0.2, 0.25) is 5.13 Å². The Balaban J connectivity index is 1.47. The molecule has 1 N–H and O–H groups in total. The monoisotopic (exact) mass is 400 g/mol. The molecule has 0 aliphatic rings. The summed E-state index contributed by atoms with van der Waals surface area (Å²) in [7, 11) is 0. The van der Waals surface area contributed by atoms with E-state index >= 15 is 0 Å². The second-order valence-corrected chi connectivity index (χ2v) is 7.63. The largest absolute Gasteiger partial charge is 0.487 e. The summed E-state index contributed by atoms with van der Waals surface area (Å²) in [5, 5.41) is 16.0. The molecule has 0 bridgehead atoms. The standard InChI is InChI=1S/C18H13ClN4OS2/c19-13-1-3-14(4-2-13)21-18-23-22-17(26-18)16-15(7-10-25-16)24-11-12-5-8-20-9-6-12/h1-10H,11H2,(H,21,23). The summed E-state index contributed by atoms with van der Waals surface area (Å²) in [5.41, 5.74) is 1.98. The van der Waals surface area contributed by atoms with E-state index in [9.17, 15) is 0 Å². The van der Waals surface area contributed by atoms with Crippen molar-refractivity contribution >= 4 is 45.1 Å². The van der Waals surface area contributed by atoms with Gasteiger partial charge < -0.3 is 10.1 Å². The molecule has 4 aromatic rings. The van der Waals surface area contributed by atoms with Crippen molar-refractivity contribution in [1.82, 2.24) is 15.2 Å². The molecule has 4 rings (SSSR count). The fourth-order valence-corrected chi connectivity index (χ4v) is 4.05. The molecular weight excluding hydrogens is 388 g/mol. The van der Waals surface area contributed by atoms with Crippen molar-refractivity contribution in [1.29, 1.82) is 0 Å². The fraction of sp³-hybridized carbons (Fsp3) is 0.0556. The molecule has 0 amide bonds. The van der Waals surface area contributed by atoms with Gasteiger partial charge in [0, 0.05) is 23.1 Å². The zero-order chi connectivity index (χ0) is 17.8. The lowest BCUT2D eigenvalue weighted by atomic mass is 10.3. The highest BCUT2D eigenvalue weighted by molar-refractivity contribution is 7.23. The average molecular weight is 401 g/mol. The van der Waals surface area contributed by atoms with E-state index in [2.05, 4.69) is 20.5 Å². The normalized spacial score (nSPS) is 10.7. The molecule has 0 saturated heterocycles. The van der Waals surface area contributed by atoms with E-state index in [0.717, 1.165) is 32.0 Å². The minimum absolute atomic E-state index is 0.487. The number of hydrogen-bond acceptors (Lipinski definition) is 7. The molecule has 26 heavy (non-hydrogen) atoms. The van der Waals surface area contributed by atoms with Crippen molar-refractivity contribution < 1.29 is 4.74 Å². The van der Waals surface area contributed by atoms with Gasteiger partial charge in [-0.25, -0.2) is 0 Å². The second-order valence-electron chi connectivity index (χ2n) is 5.30. The van der Waals surface area contributed by atoms with Crippen LogP contribution in [0.25, 0.3) is 9.88 Å². The van der Waals surface area contributed by atoms with E-state index in [1.807, 2.05) is 47.8 Å². The number of thiophene rings is 1. The Kier molecular flexibility index (Phi) is 5.10. The van der Waals surface area contributed by atoms with Crippen LogP contribution in [0.1, 0.15) is 5.56 Å². The lowest BCUT2D eigenvalue weighted by Gasteiger charge is -2.05. The topological polar surface area (TPSA) is 59.9 Å². The number of rotatable bonds is 6. The third-order valence-corrected chi connectivity index (χ3v) is 5.63. The molecule has 5 nitrogen and oxygen atoms in total. The van der Waals surface area contributed by atoms with Gasteiger partial charge in [0.15, 0.2) is 5.01 Å². The first-order valence-electron chi connectivity index (χ1n) is 7.73. The van der Waals surface area contributed by atoms with Crippen molar-refractivity contribution in [3.63, 3.8) is 0 Å². The van der Waals surface area contributed by atoms with Gasteiger partial charge in [-0.1, -0.05) is 22.9 Å². The maximum absolute atomic E-state index is 5.94. The zero-order valence-electron chi connectivity index (χ0n) is 13.4. The Labute approximate surface area is 163 Å². The molecule has 0 fully saturated rings. The van der Waals surface area contributed by atoms with Crippen LogP contribution in [0.15, 0.2) is 60.2 Å². The Morgan fingerprint density at radius 3 is 2.62 bits per heavy atom. The van der Waals surface area contributed by atoms with Gasteiger partial charge in [-0.05, 0) is 53.4 Å². The third-order valence-electron chi connectivity index (χ3n) is 3.49. The summed E-state index contributed by atoms with van der Waals surface area (Å²) in [6.45, 7) is 0.487. The van der Waals surface area contributed by atoms with E-state index in [0.29, 0.717) is 11.6 Å². The van der Waals surface area contributed by atoms with Crippen LogP contribution in [0.3, 0.4) is 0 Å². The first-order chi connectivity index (χ1) is 12.8. The summed E-state index contributed by atoms with van der Waals surface area (Å²) in [6.07, 6.45) is 3.51. The fourth-order valence-electron chi connectivity index (χ4n) is 2.23. The number of ether oxygens (including phenoxy) is 1. The predicted molar refractivity (Wildman–Crippen MR) is 107 cm³/mol. The molecule has 1 aromatic carbocycles. The Bertz CT molecular complexity index is 986. The van der Waals surface area contributed by atoms with Gasteiger partial charge in [0.1, 0.15) is 17.2 Å². The summed E-state index contributed by atoms with van der Waals surface area (Å²) in [5.74, 6) is 0.806. The van der Waals surface area contributed by atoms with Gasteiger partial charge in [-0.3, -0.25) is 4.98 Å². The number of aromatic nitrogens is 3. The number of anilines is 2. The first kappa shape index (κ1) is 17.0. The third kappa shape index (κ3) is 4.01. The lowest BCUT2D eigenvalue weighted by molar-refractivity contribution is 0.308. The van der Waals surface area contributed by atoms with E-state index < -0.39 is 0 Å². The molecule has 0 aliphatic carbocycles. The van der Waals surface area contributed by atoms with E-state index in [4.69, 9.17) is 16.3 Å². The van der Waals surface area contributed by atoms with E-state index in [1.165, 1.54) is 11.3 Å². The smallest absolute Gasteiger partial charge is 0.210 e. The number of pyridine rings is 1. The highest BCUT2D eigenvalue weighted by Gasteiger charge is 2.14. The van der Waals surface area contributed by atoms with Gasteiger partial charge in [-0.15, -0.1) is 21.5 Å². The molecule has 130 valence electrons. The number of nitrogens with one attached hydrogen (secondary N) is 1. The summed E-state index contributed by atoms with van der Waals surface area (Å²) in [4.78, 5) is 4.99. The molecule has 0 saturated carbocycles. The summed E-state index contributed by atoms with van der Waals surface area (Å²) < 4.78 is 5.94. The van der Waals surface area contributed by atoms with Crippen LogP contribution in [0.2, 0.25) is 5.02 Å². The van der Waals surface area contributed by atoms with E-state index in [1.54, 1.807) is 23.7 Å². The SMILES string of the molecule is Clc1ccc(Nc2nnc(-c3sccc3OCc3ccncc3)s2)cc1. The lowest BCUT2D eigenvalue weighted by Crippen LogP contribution is -1.95. The molecule has 3 aromatic heterocycles. The predicted octanol–water partition coefficient (Wildman–Crippen LogP) is 5.64. The van der Waals surface area contributed by atoms with Crippen LogP contribution >= 0.6 is 34.3 Å². The van der Waals surface area contributed by atoms with Gasteiger partial charge >= 0.3 is 0 Å². The van der Waals surface area contributed by atoms with E-state index in [-0.39, 0.29) is 0 Å². The van der Waals surface area contributed by atoms with Crippen LogP contribution < -0.4 is 10.1 Å². The van der Waals surface area contributed by atoms with Crippen molar-refractivity contribution in [3.05, 3.63) is 70.8 Å². The second kappa shape index (κ2) is 7.82. The highest BCUT2D eigenvalue weighted by Crippen LogP contribution is 2.39. The minimum Gasteiger partial charge on any atom is -0.487 e. The first-order valence-corrected chi connectivity index (χ1v) is 9.81. The number of hydrogen-bond donors (Lipinski definition) is 1. The van der Waals surface area contributed by atoms with Gasteiger partial charge in [-0.2, -0.15) is 0 Å². The molecule has 0 atom stereocenters. The number of benzene rings is 1. The summed E-state index contributed by atoms with van der Waals surface area (Å²) in [6, 6.07) is 13.3. The van der Waals surface area contributed by atoms with Gasteiger partial charge in [0.05, 0.1) is 0 Å². The maximum atomic E-state index is 5.94. The van der Waals surface area contributed by atoms with Gasteiger partial charge in [0.25, 0.3) is 0 Å². The highest BCUT2D eigenvalue weighted by atomic mass is 35.5. The molecule has 0 unspecified atom stereocenters. The van der Waals surface area contributed by atoms with Crippen LogP contribution in [0.5, 0.6) is 5.75 Å². The molecular formula is C18H13ClN4OS2. The average Bonchev–Trinajstić information content (AvgIpc) is 3.32. The maximum Gasteiger partial charge on any atom is 0.210 e. The molecule has 0 spiro atoms. The summed E-state index contributed by atoms with van der Waals surface area (Å²) >= 11 is 8.97. The van der Waals surface area contributed by atoms with Crippen LogP contribution in [-0.4, -0.2) is 15.2 Å².